The highest BCUT2D eigenvalue weighted by atomic mass is 16.4. The third-order valence-electron chi connectivity index (χ3n) is 5.16. The van der Waals surface area contributed by atoms with Crippen molar-refractivity contribution in [3.8, 4) is 0 Å². The number of aryl methyl sites for hydroxylation is 1. The minimum atomic E-state index is -0.811. The van der Waals surface area contributed by atoms with Crippen molar-refractivity contribution in [1.82, 2.24) is 0 Å². The van der Waals surface area contributed by atoms with Gasteiger partial charge in [-0.1, -0.05) is 36.4 Å². The molecule has 2 N–H and O–H groups in total. The van der Waals surface area contributed by atoms with Crippen molar-refractivity contribution in [3.05, 3.63) is 65.2 Å². The number of hydrogen-bond acceptors (Lipinski definition) is 2. The highest BCUT2D eigenvalue weighted by Gasteiger charge is 2.59. The Labute approximate surface area is 140 Å². The van der Waals surface area contributed by atoms with Gasteiger partial charge in [-0.05, 0) is 53.5 Å². The summed E-state index contributed by atoms with van der Waals surface area (Å²) in [6, 6.07) is 15.9. The molecule has 2 aromatic carbocycles. The Morgan fingerprint density at radius 2 is 1.96 bits per heavy atom. The lowest BCUT2D eigenvalue weighted by molar-refractivity contribution is -0.137. The van der Waals surface area contributed by atoms with E-state index >= 15 is 0 Å². The summed E-state index contributed by atoms with van der Waals surface area (Å²) in [6.45, 7) is 0. The van der Waals surface area contributed by atoms with Crippen LogP contribution in [0.1, 0.15) is 29.0 Å². The van der Waals surface area contributed by atoms with E-state index in [1.165, 1.54) is 11.1 Å². The number of carboxylic acid groups (broad SMARTS) is 1. The predicted octanol–water partition coefficient (Wildman–Crippen LogP) is 3.23. The molecular formula is C20H19NO3. The van der Waals surface area contributed by atoms with E-state index in [-0.39, 0.29) is 18.2 Å². The van der Waals surface area contributed by atoms with Crippen molar-refractivity contribution < 1.29 is 14.7 Å². The third kappa shape index (κ3) is 2.68. The van der Waals surface area contributed by atoms with E-state index in [0.717, 1.165) is 17.7 Å². The van der Waals surface area contributed by atoms with Gasteiger partial charge in [-0.2, -0.15) is 0 Å². The minimum absolute atomic E-state index is 0.0718. The molecule has 0 saturated heterocycles. The summed E-state index contributed by atoms with van der Waals surface area (Å²) in [4.78, 5) is 23.2. The van der Waals surface area contributed by atoms with Crippen molar-refractivity contribution in [2.75, 3.05) is 5.32 Å². The van der Waals surface area contributed by atoms with E-state index in [2.05, 4.69) is 23.5 Å². The maximum atomic E-state index is 12.6. The van der Waals surface area contributed by atoms with Gasteiger partial charge in [0.05, 0.1) is 0 Å². The topological polar surface area (TPSA) is 66.4 Å². The van der Waals surface area contributed by atoms with Crippen LogP contribution in [0.2, 0.25) is 0 Å². The van der Waals surface area contributed by atoms with E-state index in [9.17, 15) is 9.59 Å². The van der Waals surface area contributed by atoms with Crippen LogP contribution in [0.15, 0.2) is 48.5 Å². The first kappa shape index (κ1) is 14.9. The van der Waals surface area contributed by atoms with Crippen LogP contribution >= 0.6 is 0 Å². The summed E-state index contributed by atoms with van der Waals surface area (Å²) in [5.41, 5.74) is 4.39. The van der Waals surface area contributed by atoms with Gasteiger partial charge in [0, 0.05) is 18.0 Å². The van der Waals surface area contributed by atoms with Gasteiger partial charge in [-0.15, -0.1) is 0 Å². The molecule has 4 nitrogen and oxygen atoms in total. The number of rotatable bonds is 5. The van der Waals surface area contributed by atoms with Crippen LogP contribution < -0.4 is 5.32 Å². The lowest BCUT2D eigenvalue weighted by atomic mass is 10.0. The molecule has 0 heterocycles. The normalized spacial score (nSPS) is 23.2. The van der Waals surface area contributed by atoms with Crippen LogP contribution in [0.25, 0.3) is 0 Å². The average Bonchev–Trinajstić information content (AvgIpc) is 3.16. The number of carbonyl (C=O) groups is 2. The number of benzene rings is 2. The van der Waals surface area contributed by atoms with Crippen molar-refractivity contribution in [2.45, 2.75) is 25.2 Å². The number of aliphatic carboxylic acids is 1. The Kier molecular flexibility index (Phi) is 3.60. The first-order chi connectivity index (χ1) is 11.6. The number of fused-ring (bicyclic) bond motifs is 3. The van der Waals surface area contributed by atoms with Gasteiger partial charge in [0.15, 0.2) is 0 Å². The highest BCUT2D eigenvalue weighted by Crippen LogP contribution is 2.61. The van der Waals surface area contributed by atoms with Gasteiger partial charge >= 0.3 is 5.97 Å². The Morgan fingerprint density at radius 1 is 1.12 bits per heavy atom. The molecule has 2 aromatic rings. The molecule has 4 rings (SSSR count). The molecule has 0 aromatic heterocycles. The predicted molar refractivity (Wildman–Crippen MR) is 90.9 cm³/mol. The second-order valence-electron chi connectivity index (χ2n) is 6.70. The van der Waals surface area contributed by atoms with Gasteiger partial charge < -0.3 is 10.4 Å². The zero-order valence-electron chi connectivity index (χ0n) is 13.2. The molecule has 0 spiro atoms. The number of hydrogen-bond donors (Lipinski definition) is 2. The molecule has 4 heteroatoms. The standard InChI is InChI=1S/C20H19NO3/c22-17(23)9-8-12-4-3-6-14(10-12)21-20(24)19-16-11-13-5-1-2-7-15(13)18(16)19/h1-7,10,16,18-19H,8-9,11H2,(H,21,24)(H,22,23). The summed E-state index contributed by atoms with van der Waals surface area (Å²) >= 11 is 0. The molecular weight excluding hydrogens is 302 g/mol. The highest BCUT2D eigenvalue weighted by molar-refractivity contribution is 5.96. The van der Waals surface area contributed by atoms with Crippen molar-refractivity contribution >= 4 is 17.6 Å². The molecule has 122 valence electrons. The average molecular weight is 321 g/mol. The Balaban J connectivity index is 1.41. The number of nitrogens with one attached hydrogen (secondary N) is 1. The number of amides is 1. The number of carbonyl (C=O) groups excluding carboxylic acids is 1. The number of anilines is 1. The summed E-state index contributed by atoms with van der Waals surface area (Å²) in [5, 5.41) is 11.8. The van der Waals surface area contributed by atoms with Crippen molar-refractivity contribution in [3.63, 3.8) is 0 Å². The molecule has 0 bridgehead atoms. The zero-order valence-corrected chi connectivity index (χ0v) is 13.2. The smallest absolute Gasteiger partial charge is 0.303 e. The summed E-state index contributed by atoms with van der Waals surface area (Å²) in [7, 11) is 0. The monoisotopic (exact) mass is 321 g/mol. The van der Waals surface area contributed by atoms with Crippen molar-refractivity contribution in [1.29, 1.82) is 0 Å². The summed E-state index contributed by atoms with van der Waals surface area (Å²) < 4.78 is 0. The molecule has 1 amide bonds. The lowest BCUT2D eigenvalue weighted by Crippen LogP contribution is -2.17. The van der Waals surface area contributed by atoms with E-state index in [4.69, 9.17) is 5.11 Å². The first-order valence-corrected chi connectivity index (χ1v) is 8.33. The Hall–Kier alpha value is -2.62. The molecule has 1 fully saturated rings. The van der Waals surface area contributed by atoms with Gasteiger partial charge in [-0.3, -0.25) is 9.59 Å². The summed E-state index contributed by atoms with van der Waals surface area (Å²) in [6.07, 6.45) is 1.57. The van der Waals surface area contributed by atoms with Gasteiger partial charge in [-0.25, -0.2) is 0 Å². The van der Waals surface area contributed by atoms with Crippen LogP contribution in [0.3, 0.4) is 0 Å². The maximum absolute atomic E-state index is 12.6. The largest absolute Gasteiger partial charge is 0.481 e. The van der Waals surface area contributed by atoms with Crippen LogP contribution in [0, 0.1) is 11.8 Å². The Bertz CT molecular complexity index is 814. The maximum Gasteiger partial charge on any atom is 0.303 e. The van der Waals surface area contributed by atoms with Gasteiger partial charge in [0.1, 0.15) is 0 Å². The molecule has 24 heavy (non-hydrogen) atoms. The zero-order chi connectivity index (χ0) is 16.7. The van der Waals surface area contributed by atoms with E-state index in [1.807, 2.05) is 30.3 Å². The number of carboxylic acids is 1. The minimum Gasteiger partial charge on any atom is -0.481 e. The van der Waals surface area contributed by atoms with E-state index < -0.39 is 5.97 Å². The fourth-order valence-electron chi connectivity index (χ4n) is 3.99. The van der Waals surface area contributed by atoms with Crippen LogP contribution in [0.5, 0.6) is 0 Å². The van der Waals surface area contributed by atoms with E-state index in [1.54, 1.807) is 0 Å². The Morgan fingerprint density at radius 3 is 2.79 bits per heavy atom. The summed E-state index contributed by atoms with van der Waals surface area (Å²) in [5.74, 6) is 0.153. The second kappa shape index (κ2) is 5.78. The van der Waals surface area contributed by atoms with Crippen molar-refractivity contribution in [2.24, 2.45) is 11.8 Å². The van der Waals surface area contributed by atoms with Crippen LogP contribution in [-0.4, -0.2) is 17.0 Å². The molecule has 1 saturated carbocycles. The quantitative estimate of drug-likeness (QED) is 0.888. The van der Waals surface area contributed by atoms with Crippen LogP contribution in [-0.2, 0) is 22.4 Å². The molecule has 2 aliphatic rings. The second-order valence-corrected chi connectivity index (χ2v) is 6.70. The molecule has 3 atom stereocenters. The molecule has 3 unspecified atom stereocenters. The van der Waals surface area contributed by atoms with Gasteiger partial charge in [0.25, 0.3) is 0 Å². The fraction of sp³-hybridized carbons (Fsp3) is 0.300. The molecule has 2 aliphatic carbocycles. The third-order valence-corrected chi connectivity index (χ3v) is 5.16. The van der Waals surface area contributed by atoms with Crippen LogP contribution in [0.4, 0.5) is 5.69 Å². The van der Waals surface area contributed by atoms with E-state index in [0.29, 0.717) is 18.3 Å². The first-order valence-electron chi connectivity index (χ1n) is 8.33. The fourth-order valence-corrected chi connectivity index (χ4v) is 3.99. The molecule has 0 aliphatic heterocycles. The molecule has 0 radical (unpaired) electrons. The van der Waals surface area contributed by atoms with Gasteiger partial charge in [0.2, 0.25) is 5.91 Å². The SMILES string of the molecule is O=C(O)CCc1cccc(NC(=O)C2C3Cc4ccccc4C32)c1. The lowest BCUT2D eigenvalue weighted by Gasteiger charge is -2.10.